The zero-order chi connectivity index (χ0) is 24.8. The predicted molar refractivity (Wildman–Crippen MR) is 136 cm³/mol. The van der Waals surface area contributed by atoms with Gasteiger partial charge in [-0.25, -0.2) is 5.10 Å². The van der Waals surface area contributed by atoms with E-state index >= 15 is 0 Å². The van der Waals surface area contributed by atoms with Crippen molar-refractivity contribution in [2.75, 3.05) is 5.73 Å². The maximum Gasteiger partial charge on any atom is 0.290 e. The molecule has 5 rings (SSSR count). The lowest BCUT2D eigenvalue weighted by Gasteiger charge is -2.22. The number of rotatable bonds is 5. The first-order valence-corrected chi connectivity index (χ1v) is 11.5. The fourth-order valence-electron chi connectivity index (χ4n) is 4.21. The maximum atomic E-state index is 12.6. The molecule has 1 aliphatic carbocycles. The van der Waals surface area contributed by atoms with Gasteiger partial charge in [-0.3, -0.25) is 14.3 Å². The number of nitrogens with two attached hydrogens (primary N) is 2. The number of anilines is 1. The van der Waals surface area contributed by atoms with Crippen LogP contribution in [-0.2, 0) is 4.79 Å². The van der Waals surface area contributed by atoms with Crippen molar-refractivity contribution >= 4 is 22.6 Å². The molecule has 1 fully saturated rings. The standard InChI is InChI=1S/C23H23N5O2.C3H5NO/c24-22-19-20(15-11-13-18(14-12-15)30-17-9-5-2-6-10-17)27-28(16-7-3-1-4-8-16)21(19)23(29)26-25-22;1-2-3(4)5/h2,5-6,9-14,16H,1,3-4,7-8H2,(H2,24,25)(H,26,29);2H,1H2,(H2,4,5). The van der Waals surface area contributed by atoms with Crippen LogP contribution in [0.2, 0.25) is 0 Å². The van der Waals surface area contributed by atoms with Gasteiger partial charge in [0.15, 0.2) is 5.82 Å². The average molecular weight is 473 g/mol. The highest BCUT2D eigenvalue weighted by molar-refractivity contribution is 5.99. The summed E-state index contributed by atoms with van der Waals surface area (Å²) in [6, 6.07) is 17.5. The molecule has 1 amide bonds. The van der Waals surface area contributed by atoms with E-state index in [1.807, 2.05) is 59.3 Å². The number of hydrogen-bond donors (Lipinski definition) is 3. The third kappa shape index (κ3) is 5.40. The molecule has 0 spiro atoms. The summed E-state index contributed by atoms with van der Waals surface area (Å²) in [6.45, 7) is 3.09. The van der Waals surface area contributed by atoms with E-state index in [-0.39, 0.29) is 17.4 Å². The molecule has 1 saturated carbocycles. The Morgan fingerprint density at radius 1 is 1.06 bits per heavy atom. The highest BCUT2D eigenvalue weighted by Gasteiger charge is 2.24. The van der Waals surface area contributed by atoms with Gasteiger partial charge >= 0.3 is 0 Å². The Balaban J connectivity index is 0.000000527. The van der Waals surface area contributed by atoms with Gasteiger partial charge in [0, 0.05) is 5.56 Å². The van der Waals surface area contributed by atoms with Gasteiger partial charge < -0.3 is 16.2 Å². The summed E-state index contributed by atoms with van der Waals surface area (Å²) in [5.41, 5.74) is 12.5. The smallest absolute Gasteiger partial charge is 0.290 e. The fourth-order valence-corrected chi connectivity index (χ4v) is 4.21. The van der Waals surface area contributed by atoms with Crippen LogP contribution in [0.5, 0.6) is 11.5 Å². The minimum atomic E-state index is -0.481. The Bertz CT molecular complexity index is 1370. The number of carbonyl (C=O) groups excluding carboxylic acids is 1. The number of primary amides is 1. The van der Waals surface area contributed by atoms with Crippen LogP contribution in [0.25, 0.3) is 22.2 Å². The molecule has 9 heteroatoms. The second kappa shape index (κ2) is 10.7. The zero-order valence-corrected chi connectivity index (χ0v) is 19.3. The van der Waals surface area contributed by atoms with E-state index in [9.17, 15) is 9.59 Å². The first-order valence-electron chi connectivity index (χ1n) is 11.5. The second-order valence-electron chi connectivity index (χ2n) is 8.29. The number of benzene rings is 2. The number of aromatic amines is 1. The SMILES string of the molecule is C=CC(N)=O.Nc1n[nH]c(=O)c2c1c(-c1ccc(Oc3ccccc3)cc1)nn2C1CCCCC1. The van der Waals surface area contributed by atoms with Crippen molar-refractivity contribution in [1.82, 2.24) is 20.0 Å². The Labute approximate surface area is 202 Å². The van der Waals surface area contributed by atoms with E-state index in [0.29, 0.717) is 16.6 Å². The quantitative estimate of drug-likeness (QED) is 0.369. The number of hydrogen-bond acceptors (Lipinski definition) is 6. The molecule has 0 saturated heterocycles. The van der Waals surface area contributed by atoms with Gasteiger partial charge in [-0.2, -0.15) is 10.2 Å². The number of amides is 1. The number of fused-ring (bicyclic) bond motifs is 1. The molecule has 2 heterocycles. The molecule has 4 aromatic rings. The molecule has 35 heavy (non-hydrogen) atoms. The van der Waals surface area contributed by atoms with Gasteiger partial charge in [0.1, 0.15) is 22.7 Å². The van der Waals surface area contributed by atoms with Crippen molar-refractivity contribution in [2.24, 2.45) is 5.73 Å². The van der Waals surface area contributed by atoms with Crippen molar-refractivity contribution in [3.63, 3.8) is 0 Å². The molecule has 0 bridgehead atoms. The summed E-state index contributed by atoms with van der Waals surface area (Å²) < 4.78 is 7.75. The normalized spacial score (nSPS) is 13.6. The molecular weight excluding hydrogens is 444 g/mol. The highest BCUT2D eigenvalue weighted by atomic mass is 16.5. The molecule has 180 valence electrons. The Hall–Kier alpha value is -4.40. The van der Waals surface area contributed by atoms with E-state index in [1.54, 1.807) is 0 Å². The van der Waals surface area contributed by atoms with E-state index < -0.39 is 5.91 Å². The summed E-state index contributed by atoms with van der Waals surface area (Å²) in [7, 11) is 0. The minimum Gasteiger partial charge on any atom is -0.457 e. The van der Waals surface area contributed by atoms with E-state index in [4.69, 9.17) is 15.6 Å². The summed E-state index contributed by atoms with van der Waals surface area (Å²) in [5, 5.41) is 12.0. The molecule has 0 radical (unpaired) electrons. The Morgan fingerprint density at radius 2 is 1.69 bits per heavy atom. The van der Waals surface area contributed by atoms with Crippen molar-refractivity contribution in [2.45, 2.75) is 38.1 Å². The molecule has 0 unspecified atom stereocenters. The first-order chi connectivity index (χ1) is 17.0. The lowest BCUT2D eigenvalue weighted by atomic mass is 9.95. The Kier molecular flexibility index (Phi) is 7.25. The van der Waals surface area contributed by atoms with Crippen LogP contribution in [0.4, 0.5) is 5.82 Å². The van der Waals surface area contributed by atoms with Crippen LogP contribution in [0.1, 0.15) is 38.1 Å². The van der Waals surface area contributed by atoms with Crippen molar-refractivity contribution in [3.8, 4) is 22.8 Å². The van der Waals surface area contributed by atoms with Crippen LogP contribution >= 0.6 is 0 Å². The number of aromatic nitrogens is 4. The third-order valence-electron chi connectivity index (χ3n) is 5.89. The third-order valence-corrected chi connectivity index (χ3v) is 5.89. The lowest BCUT2D eigenvalue weighted by molar-refractivity contribution is -0.113. The summed E-state index contributed by atoms with van der Waals surface area (Å²) in [5.74, 6) is 1.30. The first kappa shape index (κ1) is 23.7. The van der Waals surface area contributed by atoms with Gasteiger partial charge in [-0.05, 0) is 55.3 Å². The Morgan fingerprint density at radius 3 is 2.31 bits per heavy atom. The van der Waals surface area contributed by atoms with Crippen LogP contribution < -0.4 is 21.8 Å². The molecule has 9 nitrogen and oxygen atoms in total. The van der Waals surface area contributed by atoms with Crippen LogP contribution in [0, 0.1) is 0 Å². The van der Waals surface area contributed by atoms with Crippen molar-refractivity contribution in [3.05, 3.63) is 77.6 Å². The zero-order valence-electron chi connectivity index (χ0n) is 19.3. The predicted octanol–water partition coefficient (Wildman–Crippen LogP) is 4.32. The molecule has 1 aliphatic rings. The second-order valence-corrected chi connectivity index (χ2v) is 8.29. The van der Waals surface area contributed by atoms with Gasteiger partial charge in [0.05, 0.1) is 11.4 Å². The van der Waals surface area contributed by atoms with Gasteiger partial charge in [0.25, 0.3) is 5.56 Å². The number of nitrogens with zero attached hydrogens (tertiary/aromatic N) is 3. The molecule has 5 N–H and O–H groups in total. The number of ether oxygens (including phenoxy) is 1. The summed E-state index contributed by atoms with van der Waals surface area (Å²) >= 11 is 0. The van der Waals surface area contributed by atoms with Gasteiger partial charge in [0.2, 0.25) is 5.91 Å². The van der Waals surface area contributed by atoms with Gasteiger partial charge in [-0.1, -0.05) is 44.0 Å². The van der Waals surface area contributed by atoms with Gasteiger partial charge in [-0.15, -0.1) is 0 Å². The molecule has 2 aromatic heterocycles. The number of carbonyl (C=O) groups is 1. The van der Waals surface area contributed by atoms with E-state index in [2.05, 4.69) is 22.5 Å². The number of para-hydroxylation sites is 1. The summed E-state index contributed by atoms with van der Waals surface area (Å²) in [6.07, 6.45) is 6.60. The number of H-pyrrole nitrogens is 1. The van der Waals surface area contributed by atoms with Crippen LogP contribution in [0.3, 0.4) is 0 Å². The average Bonchev–Trinajstić information content (AvgIpc) is 3.30. The largest absolute Gasteiger partial charge is 0.457 e. The van der Waals surface area contributed by atoms with Crippen LogP contribution in [0.15, 0.2) is 72.0 Å². The molecule has 0 aliphatic heterocycles. The molecule has 2 aromatic carbocycles. The molecular formula is C26H28N6O3. The van der Waals surface area contributed by atoms with Crippen LogP contribution in [-0.4, -0.2) is 25.9 Å². The monoisotopic (exact) mass is 472 g/mol. The fraction of sp³-hybridized carbons (Fsp3) is 0.231. The molecule has 0 atom stereocenters. The van der Waals surface area contributed by atoms with E-state index in [0.717, 1.165) is 48.8 Å². The maximum absolute atomic E-state index is 12.6. The van der Waals surface area contributed by atoms with E-state index in [1.165, 1.54) is 6.42 Å². The number of nitrogen functional groups attached to an aromatic ring is 1. The highest BCUT2D eigenvalue weighted by Crippen LogP contribution is 2.36. The number of nitrogens with one attached hydrogen (secondary N) is 1. The summed E-state index contributed by atoms with van der Waals surface area (Å²) in [4.78, 5) is 22.1. The lowest BCUT2D eigenvalue weighted by Crippen LogP contribution is -2.19. The minimum absolute atomic E-state index is 0.207. The van der Waals surface area contributed by atoms with Crippen molar-refractivity contribution in [1.29, 1.82) is 0 Å². The van der Waals surface area contributed by atoms with Crippen molar-refractivity contribution < 1.29 is 9.53 Å². The topological polar surface area (TPSA) is 142 Å².